The minimum atomic E-state index is 0.486. The van der Waals surface area contributed by atoms with Crippen LogP contribution in [0.5, 0.6) is 0 Å². The molecule has 0 bridgehead atoms. The smallest absolute Gasteiger partial charge is 0.123 e. The highest BCUT2D eigenvalue weighted by atomic mass is 32.1. The number of nitrogens with one attached hydrogen (secondary N) is 1. The summed E-state index contributed by atoms with van der Waals surface area (Å²) in [4.78, 5) is 13.7. The van der Waals surface area contributed by atoms with E-state index in [-0.39, 0.29) is 0 Å². The van der Waals surface area contributed by atoms with Crippen LogP contribution in [-0.2, 0) is 19.5 Å². The van der Waals surface area contributed by atoms with Crippen LogP contribution < -0.4 is 5.32 Å². The number of nitrogens with zero attached hydrogens (tertiary/aromatic N) is 4. The molecule has 2 aliphatic heterocycles. The molecule has 2 unspecified atom stereocenters. The van der Waals surface area contributed by atoms with E-state index >= 15 is 0 Å². The Morgan fingerprint density at radius 2 is 2.16 bits per heavy atom. The standard InChI is InChI=1S/C19H29N5S/c1-12(2)16-10-24-14(9-23(4)11-18(24)21-16)7-13(3)19-22-15-5-6-20-8-17(15)25-19/h10,12-14,20H,5-9,11H2,1-4H3. The van der Waals surface area contributed by atoms with E-state index in [1.165, 1.54) is 27.1 Å². The van der Waals surface area contributed by atoms with Gasteiger partial charge >= 0.3 is 0 Å². The Morgan fingerprint density at radius 3 is 2.92 bits per heavy atom. The molecule has 0 amide bonds. The van der Waals surface area contributed by atoms with Crippen LogP contribution in [-0.4, -0.2) is 39.6 Å². The zero-order valence-corrected chi connectivity index (χ0v) is 16.6. The van der Waals surface area contributed by atoms with Gasteiger partial charge in [-0.15, -0.1) is 11.3 Å². The quantitative estimate of drug-likeness (QED) is 0.910. The van der Waals surface area contributed by atoms with E-state index in [9.17, 15) is 0 Å². The first-order valence-corrected chi connectivity index (χ1v) is 10.3. The van der Waals surface area contributed by atoms with Crippen LogP contribution in [0.4, 0.5) is 0 Å². The normalized spacial score (nSPS) is 22.0. The van der Waals surface area contributed by atoms with Gasteiger partial charge in [-0.25, -0.2) is 9.97 Å². The summed E-state index contributed by atoms with van der Waals surface area (Å²) in [5.74, 6) is 2.20. The van der Waals surface area contributed by atoms with Crippen molar-refractivity contribution in [3.63, 3.8) is 0 Å². The van der Waals surface area contributed by atoms with E-state index in [1.54, 1.807) is 0 Å². The molecule has 0 saturated carbocycles. The van der Waals surface area contributed by atoms with Crippen molar-refractivity contribution in [1.82, 2.24) is 24.8 Å². The summed E-state index contributed by atoms with van der Waals surface area (Å²) in [5.41, 5.74) is 2.55. The molecule has 0 saturated heterocycles. The summed E-state index contributed by atoms with van der Waals surface area (Å²) in [6.45, 7) is 10.9. The van der Waals surface area contributed by atoms with Crippen molar-refractivity contribution in [3.05, 3.63) is 33.3 Å². The van der Waals surface area contributed by atoms with Crippen molar-refractivity contribution in [2.24, 2.45) is 0 Å². The predicted molar refractivity (Wildman–Crippen MR) is 102 cm³/mol. The first kappa shape index (κ1) is 17.2. The highest BCUT2D eigenvalue weighted by Crippen LogP contribution is 2.34. The van der Waals surface area contributed by atoms with Gasteiger partial charge in [0.1, 0.15) is 5.82 Å². The van der Waals surface area contributed by atoms with E-state index in [2.05, 4.69) is 48.8 Å². The lowest BCUT2D eigenvalue weighted by Crippen LogP contribution is -2.35. The third kappa shape index (κ3) is 3.39. The van der Waals surface area contributed by atoms with Gasteiger partial charge in [-0.1, -0.05) is 20.8 Å². The number of hydrogen-bond donors (Lipinski definition) is 1. The first-order chi connectivity index (χ1) is 12.0. The Morgan fingerprint density at radius 1 is 1.32 bits per heavy atom. The maximum Gasteiger partial charge on any atom is 0.123 e. The average molecular weight is 360 g/mol. The Bertz CT molecular complexity index is 724. The summed E-state index contributed by atoms with van der Waals surface area (Å²) in [6.07, 6.45) is 4.50. The number of fused-ring (bicyclic) bond motifs is 2. The molecule has 2 atom stereocenters. The van der Waals surface area contributed by atoms with E-state index in [0.717, 1.165) is 39.0 Å². The Kier molecular flexibility index (Phi) is 4.69. The summed E-state index contributed by atoms with van der Waals surface area (Å²) < 4.78 is 2.45. The average Bonchev–Trinajstić information content (AvgIpc) is 3.18. The predicted octanol–water partition coefficient (Wildman–Crippen LogP) is 3.29. The first-order valence-electron chi connectivity index (χ1n) is 9.46. The van der Waals surface area contributed by atoms with Gasteiger partial charge in [0, 0.05) is 49.1 Å². The molecule has 4 rings (SSSR count). The highest BCUT2D eigenvalue weighted by Gasteiger charge is 2.28. The molecule has 0 aromatic carbocycles. The van der Waals surface area contributed by atoms with E-state index in [4.69, 9.17) is 9.97 Å². The van der Waals surface area contributed by atoms with Gasteiger partial charge in [0.2, 0.25) is 0 Å². The van der Waals surface area contributed by atoms with Crippen molar-refractivity contribution >= 4 is 11.3 Å². The van der Waals surface area contributed by atoms with E-state index < -0.39 is 0 Å². The molecule has 136 valence electrons. The Balaban J connectivity index is 1.55. The third-order valence-electron chi connectivity index (χ3n) is 5.41. The van der Waals surface area contributed by atoms with Gasteiger partial charge in [0.15, 0.2) is 0 Å². The minimum absolute atomic E-state index is 0.486. The molecular weight excluding hydrogens is 330 g/mol. The summed E-state index contributed by atoms with van der Waals surface area (Å²) in [6, 6.07) is 0.489. The third-order valence-corrected chi connectivity index (χ3v) is 6.74. The van der Waals surface area contributed by atoms with Crippen LogP contribution in [0.25, 0.3) is 0 Å². The zero-order chi connectivity index (χ0) is 17.6. The second-order valence-electron chi connectivity index (χ2n) is 7.98. The SMILES string of the molecule is CC(C)c1cn2c(n1)CN(C)CC2CC(C)c1nc2c(s1)CNCC2. The minimum Gasteiger partial charge on any atom is -0.329 e. The van der Waals surface area contributed by atoms with Gasteiger partial charge < -0.3 is 9.88 Å². The molecule has 0 aliphatic carbocycles. The van der Waals surface area contributed by atoms with Gasteiger partial charge in [-0.3, -0.25) is 4.90 Å². The fourth-order valence-corrected chi connectivity index (χ4v) is 5.12. The molecule has 6 heteroatoms. The number of likely N-dealkylation sites (N-methyl/N-ethyl adjacent to an activating group) is 1. The highest BCUT2D eigenvalue weighted by molar-refractivity contribution is 7.11. The molecule has 0 fully saturated rings. The topological polar surface area (TPSA) is 46.0 Å². The fourth-order valence-electron chi connectivity index (χ4n) is 3.97. The van der Waals surface area contributed by atoms with Crippen LogP contribution in [0.1, 0.15) is 72.2 Å². The van der Waals surface area contributed by atoms with Gasteiger partial charge in [-0.2, -0.15) is 0 Å². The molecule has 2 aliphatic rings. The number of aromatic nitrogens is 3. The molecule has 25 heavy (non-hydrogen) atoms. The molecular formula is C19H29N5S. The van der Waals surface area contributed by atoms with Crippen LogP contribution in [0.15, 0.2) is 6.20 Å². The van der Waals surface area contributed by atoms with Crippen molar-refractivity contribution in [1.29, 1.82) is 0 Å². The monoisotopic (exact) mass is 359 g/mol. The number of imidazole rings is 1. The molecule has 2 aromatic heterocycles. The van der Waals surface area contributed by atoms with Crippen molar-refractivity contribution in [2.75, 3.05) is 20.1 Å². The zero-order valence-electron chi connectivity index (χ0n) is 15.7. The molecule has 4 heterocycles. The second kappa shape index (κ2) is 6.82. The maximum atomic E-state index is 4.96. The van der Waals surface area contributed by atoms with Crippen LogP contribution in [0.3, 0.4) is 0 Å². The number of rotatable bonds is 4. The number of thiazole rings is 1. The molecule has 1 N–H and O–H groups in total. The van der Waals surface area contributed by atoms with Crippen molar-refractivity contribution in [2.45, 2.75) is 64.6 Å². The summed E-state index contributed by atoms with van der Waals surface area (Å²) in [5, 5.41) is 4.77. The van der Waals surface area contributed by atoms with Gasteiger partial charge in [0.05, 0.1) is 22.9 Å². The van der Waals surface area contributed by atoms with Crippen molar-refractivity contribution in [3.8, 4) is 0 Å². The lowest BCUT2D eigenvalue weighted by atomic mass is 10.0. The van der Waals surface area contributed by atoms with Crippen LogP contribution in [0, 0.1) is 0 Å². The molecule has 5 nitrogen and oxygen atoms in total. The van der Waals surface area contributed by atoms with Crippen molar-refractivity contribution < 1.29 is 0 Å². The number of hydrogen-bond acceptors (Lipinski definition) is 5. The summed E-state index contributed by atoms with van der Waals surface area (Å²) >= 11 is 1.91. The molecule has 0 spiro atoms. The fraction of sp³-hybridized carbons (Fsp3) is 0.684. The lowest BCUT2D eigenvalue weighted by molar-refractivity contribution is 0.206. The molecule has 2 aromatic rings. The summed E-state index contributed by atoms with van der Waals surface area (Å²) in [7, 11) is 2.21. The van der Waals surface area contributed by atoms with Gasteiger partial charge in [-0.05, 0) is 19.4 Å². The van der Waals surface area contributed by atoms with Gasteiger partial charge in [0.25, 0.3) is 0 Å². The maximum absolute atomic E-state index is 4.96. The molecule has 0 radical (unpaired) electrons. The van der Waals surface area contributed by atoms with E-state index in [1.807, 2.05) is 11.3 Å². The second-order valence-corrected chi connectivity index (χ2v) is 9.10. The lowest BCUT2D eigenvalue weighted by Gasteiger charge is -2.32. The Hall–Kier alpha value is -1.24. The van der Waals surface area contributed by atoms with Crippen LogP contribution >= 0.6 is 11.3 Å². The van der Waals surface area contributed by atoms with Crippen LogP contribution in [0.2, 0.25) is 0 Å². The Labute approximate surface area is 154 Å². The largest absolute Gasteiger partial charge is 0.329 e. The van der Waals surface area contributed by atoms with E-state index in [0.29, 0.717) is 17.9 Å².